The Balaban J connectivity index is 1.84. The van der Waals surface area contributed by atoms with Gasteiger partial charge in [-0.15, -0.1) is 0 Å². The van der Waals surface area contributed by atoms with Crippen molar-refractivity contribution in [2.75, 3.05) is 0 Å². The quantitative estimate of drug-likeness (QED) is 0.248. The maximum atomic E-state index is 13.2. The fourth-order valence-electron chi connectivity index (χ4n) is 2.17. The van der Waals surface area contributed by atoms with E-state index >= 15 is 0 Å². The van der Waals surface area contributed by atoms with E-state index in [4.69, 9.17) is 12.2 Å². The molecule has 0 bridgehead atoms. The minimum atomic E-state index is -3.56. The summed E-state index contributed by atoms with van der Waals surface area (Å²) < 4.78 is 26.2. The van der Waals surface area contributed by atoms with Gasteiger partial charge in [-0.3, -0.25) is 0 Å². The third-order valence-electron chi connectivity index (χ3n) is 3.44. The molecule has 0 aromatic heterocycles. The number of sulfone groups is 1. The standard InChI is InChI=1S/C20H16O2S5/c21-27(22,18-14-8-3-9-15-18)20(25-17-12-6-2-7-13-17)26-19(23)24-16-10-4-1-5-11-16/h1-15,20H/t20-/m0/s1. The van der Waals surface area contributed by atoms with E-state index in [2.05, 4.69) is 0 Å². The zero-order chi connectivity index (χ0) is 19.1. The van der Waals surface area contributed by atoms with Crippen molar-refractivity contribution < 1.29 is 8.42 Å². The third-order valence-corrected chi connectivity index (χ3v) is 10.4. The van der Waals surface area contributed by atoms with E-state index in [0.29, 0.717) is 8.42 Å². The Morgan fingerprint density at radius 2 is 1.22 bits per heavy atom. The van der Waals surface area contributed by atoms with Gasteiger partial charge in [0.25, 0.3) is 0 Å². The molecule has 0 aliphatic heterocycles. The van der Waals surface area contributed by atoms with Gasteiger partial charge in [-0.2, -0.15) is 0 Å². The van der Waals surface area contributed by atoms with E-state index in [1.54, 1.807) is 30.3 Å². The van der Waals surface area contributed by atoms with Crippen LogP contribution in [-0.4, -0.2) is 15.9 Å². The highest BCUT2D eigenvalue weighted by Crippen LogP contribution is 2.41. The summed E-state index contributed by atoms with van der Waals surface area (Å²) in [5, 5.41) is 0. The zero-order valence-electron chi connectivity index (χ0n) is 14.1. The highest BCUT2D eigenvalue weighted by molar-refractivity contribution is 8.52. The summed E-state index contributed by atoms with van der Waals surface area (Å²) in [6.45, 7) is 0. The Labute approximate surface area is 178 Å². The summed E-state index contributed by atoms with van der Waals surface area (Å²) in [6, 6.07) is 27.8. The molecule has 138 valence electrons. The third kappa shape index (κ3) is 5.86. The summed E-state index contributed by atoms with van der Waals surface area (Å²) in [6.07, 6.45) is 0. The van der Waals surface area contributed by atoms with Crippen LogP contribution in [0.25, 0.3) is 0 Å². The Bertz CT molecular complexity index is 975. The van der Waals surface area contributed by atoms with Crippen LogP contribution in [0.15, 0.2) is 106 Å². The van der Waals surface area contributed by atoms with Gasteiger partial charge in [0.1, 0.15) is 3.53 Å². The molecule has 0 radical (unpaired) electrons. The van der Waals surface area contributed by atoms with Crippen LogP contribution >= 0.6 is 47.5 Å². The van der Waals surface area contributed by atoms with Gasteiger partial charge in [-0.25, -0.2) is 8.42 Å². The Kier molecular flexibility index (Phi) is 7.43. The number of hydrogen-bond donors (Lipinski definition) is 0. The SMILES string of the molecule is O=S(=O)(c1ccccc1)[C@H](SC(=S)Sc1ccccc1)Sc1ccccc1. The minimum Gasteiger partial charge on any atom is -0.222 e. The topological polar surface area (TPSA) is 34.1 Å². The van der Waals surface area contributed by atoms with Crippen LogP contribution in [0.2, 0.25) is 0 Å². The summed E-state index contributed by atoms with van der Waals surface area (Å²) in [5.74, 6) is 0. The van der Waals surface area contributed by atoms with E-state index in [-0.39, 0.29) is 0 Å². The van der Waals surface area contributed by atoms with E-state index in [0.717, 1.165) is 9.79 Å². The maximum Gasteiger partial charge on any atom is 0.200 e. The van der Waals surface area contributed by atoms with E-state index in [1.165, 1.54) is 35.3 Å². The molecule has 7 heteroatoms. The molecule has 3 aromatic carbocycles. The number of hydrogen-bond acceptors (Lipinski definition) is 6. The van der Waals surface area contributed by atoms with Crippen LogP contribution < -0.4 is 0 Å². The number of thiocarbonyl (C=S) groups is 1. The first kappa shape index (κ1) is 20.5. The molecule has 27 heavy (non-hydrogen) atoms. The fraction of sp³-hybridized carbons (Fsp3) is 0.0500. The minimum absolute atomic E-state index is 0.304. The van der Waals surface area contributed by atoms with Gasteiger partial charge in [-0.1, -0.05) is 102 Å². The van der Waals surface area contributed by atoms with Crippen molar-refractivity contribution in [2.45, 2.75) is 18.6 Å². The van der Waals surface area contributed by atoms with Crippen molar-refractivity contribution in [3.05, 3.63) is 91.0 Å². The molecule has 0 saturated heterocycles. The van der Waals surface area contributed by atoms with Crippen molar-refractivity contribution in [2.24, 2.45) is 0 Å². The lowest BCUT2D eigenvalue weighted by Crippen LogP contribution is -2.16. The van der Waals surface area contributed by atoms with Crippen LogP contribution in [-0.2, 0) is 9.84 Å². The van der Waals surface area contributed by atoms with Crippen LogP contribution in [0.4, 0.5) is 0 Å². The van der Waals surface area contributed by atoms with Gasteiger partial charge in [-0.05, 0) is 36.4 Å². The van der Waals surface area contributed by atoms with E-state index < -0.39 is 13.8 Å². The fourth-order valence-corrected chi connectivity index (χ4v) is 9.30. The zero-order valence-corrected chi connectivity index (χ0v) is 18.2. The van der Waals surface area contributed by atoms with E-state index in [9.17, 15) is 8.42 Å². The second-order valence-electron chi connectivity index (χ2n) is 5.36. The lowest BCUT2D eigenvalue weighted by atomic mass is 10.4. The molecule has 3 aromatic rings. The predicted molar refractivity (Wildman–Crippen MR) is 122 cm³/mol. The largest absolute Gasteiger partial charge is 0.222 e. The number of benzene rings is 3. The van der Waals surface area contributed by atoms with Gasteiger partial charge >= 0.3 is 0 Å². The maximum absolute atomic E-state index is 13.2. The highest BCUT2D eigenvalue weighted by atomic mass is 32.3. The van der Waals surface area contributed by atoms with Gasteiger partial charge in [0.2, 0.25) is 9.84 Å². The van der Waals surface area contributed by atoms with Gasteiger partial charge in [0.05, 0.1) is 4.90 Å². The molecular formula is C20H16O2S5. The van der Waals surface area contributed by atoms with Crippen molar-refractivity contribution in [3.63, 3.8) is 0 Å². The first-order valence-corrected chi connectivity index (χ1v) is 12.5. The Morgan fingerprint density at radius 1 is 0.741 bits per heavy atom. The molecule has 2 nitrogen and oxygen atoms in total. The highest BCUT2D eigenvalue weighted by Gasteiger charge is 2.30. The molecular weight excluding hydrogens is 433 g/mol. The monoisotopic (exact) mass is 448 g/mol. The lowest BCUT2D eigenvalue weighted by molar-refractivity contribution is 0.599. The van der Waals surface area contributed by atoms with Crippen molar-refractivity contribution in [3.8, 4) is 0 Å². The molecule has 0 spiro atoms. The number of rotatable bonds is 6. The van der Waals surface area contributed by atoms with Crippen LogP contribution in [0, 0.1) is 0 Å². The summed E-state index contributed by atoms with van der Waals surface area (Å²) in [7, 11) is -3.56. The molecule has 0 aliphatic rings. The molecule has 0 N–H and O–H groups in total. The molecule has 0 amide bonds. The molecule has 1 atom stereocenters. The molecule has 0 aliphatic carbocycles. The van der Waals surface area contributed by atoms with Crippen LogP contribution in [0.3, 0.4) is 0 Å². The lowest BCUT2D eigenvalue weighted by Gasteiger charge is -2.17. The van der Waals surface area contributed by atoms with Gasteiger partial charge in [0, 0.05) is 9.79 Å². The second-order valence-corrected chi connectivity index (χ2v) is 12.8. The molecule has 0 unspecified atom stereocenters. The van der Waals surface area contributed by atoms with Gasteiger partial charge < -0.3 is 0 Å². The Hall–Kier alpha value is -1.25. The molecule has 0 saturated carbocycles. The number of thioether (sulfide) groups is 3. The normalized spacial score (nSPS) is 12.4. The smallest absolute Gasteiger partial charge is 0.200 e. The van der Waals surface area contributed by atoms with Crippen LogP contribution in [0.5, 0.6) is 0 Å². The average Bonchev–Trinajstić information content (AvgIpc) is 2.70. The van der Waals surface area contributed by atoms with Crippen LogP contribution in [0.1, 0.15) is 0 Å². The molecule has 0 fully saturated rings. The average molecular weight is 449 g/mol. The summed E-state index contributed by atoms with van der Waals surface area (Å²) in [5.41, 5.74) is 0. The molecule has 0 heterocycles. The summed E-state index contributed by atoms with van der Waals surface area (Å²) in [4.78, 5) is 2.19. The van der Waals surface area contributed by atoms with E-state index in [1.807, 2.05) is 60.7 Å². The summed E-state index contributed by atoms with van der Waals surface area (Å²) >= 11 is 9.42. The van der Waals surface area contributed by atoms with Crippen molar-refractivity contribution in [1.82, 2.24) is 0 Å². The van der Waals surface area contributed by atoms with Crippen molar-refractivity contribution >= 4 is 60.9 Å². The van der Waals surface area contributed by atoms with Crippen molar-refractivity contribution in [1.29, 1.82) is 0 Å². The predicted octanol–water partition coefficient (Wildman–Crippen LogP) is 6.35. The molecule has 3 rings (SSSR count). The first-order valence-electron chi connectivity index (χ1n) is 8.00. The second kappa shape index (κ2) is 9.80. The Morgan fingerprint density at radius 3 is 1.78 bits per heavy atom. The van der Waals surface area contributed by atoms with Gasteiger partial charge in [0.15, 0.2) is 3.91 Å². The first-order chi connectivity index (χ1) is 13.1.